The number of rotatable bonds is 4. The molecule has 98 valence electrons. The average molecular weight is 272 g/mol. The van der Waals surface area contributed by atoms with Crippen LogP contribution in [0.25, 0.3) is 0 Å². The first-order valence-electron chi connectivity index (χ1n) is 5.60. The van der Waals surface area contributed by atoms with E-state index in [2.05, 4.69) is 5.32 Å². The fourth-order valence-electron chi connectivity index (χ4n) is 1.85. The zero-order valence-electron chi connectivity index (χ0n) is 9.90. The smallest absolute Gasteiger partial charge is 0.335 e. The van der Waals surface area contributed by atoms with Crippen LogP contribution in [-0.4, -0.2) is 37.4 Å². The van der Waals surface area contributed by atoms with Crippen molar-refractivity contribution in [1.29, 1.82) is 0 Å². The summed E-state index contributed by atoms with van der Waals surface area (Å²) in [5.41, 5.74) is 0.0775. The molecule has 1 atom stereocenters. The highest BCUT2D eigenvalue weighted by Crippen LogP contribution is 2.37. The Bertz CT molecular complexity index is 458. The van der Waals surface area contributed by atoms with Crippen molar-refractivity contribution in [2.75, 3.05) is 20.2 Å². The third kappa shape index (κ3) is 2.68. The summed E-state index contributed by atoms with van der Waals surface area (Å²) in [4.78, 5) is 10.9. The van der Waals surface area contributed by atoms with Gasteiger partial charge in [0, 0.05) is 6.54 Å². The van der Waals surface area contributed by atoms with E-state index in [0.717, 1.165) is 19.5 Å². The van der Waals surface area contributed by atoms with Crippen LogP contribution in [0.1, 0.15) is 16.8 Å². The van der Waals surface area contributed by atoms with Gasteiger partial charge in [-0.15, -0.1) is 0 Å². The van der Waals surface area contributed by atoms with Gasteiger partial charge in [0.2, 0.25) is 0 Å². The molecule has 1 unspecified atom stereocenters. The number of carboxylic acids is 1. The van der Waals surface area contributed by atoms with E-state index in [-0.39, 0.29) is 16.7 Å². The fraction of sp³-hybridized carbons (Fsp3) is 0.417. The van der Waals surface area contributed by atoms with Crippen LogP contribution < -0.4 is 14.8 Å². The van der Waals surface area contributed by atoms with Crippen molar-refractivity contribution in [3.63, 3.8) is 0 Å². The molecule has 2 N–H and O–H groups in total. The maximum Gasteiger partial charge on any atom is 0.335 e. The lowest BCUT2D eigenvalue weighted by Gasteiger charge is -2.17. The number of carboxylic acid groups (broad SMARTS) is 1. The molecule has 1 fully saturated rings. The maximum absolute atomic E-state index is 10.9. The lowest BCUT2D eigenvalue weighted by atomic mass is 10.2. The normalized spacial score (nSPS) is 18.7. The van der Waals surface area contributed by atoms with Gasteiger partial charge in [0.15, 0.2) is 11.5 Å². The molecule has 0 aliphatic carbocycles. The Hall–Kier alpha value is -1.46. The van der Waals surface area contributed by atoms with Crippen LogP contribution in [-0.2, 0) is 0 Å². The first-order valence-corrected chi connectivity index (χ1v) is 5.98. The molecule has 1 saturated heterocycles. The Labute approximate surface area is 110 Å². The molecular formula is C12H14ClNO4. The van der Waals surface area contributed by atoms with Crippen molar-refractivity contribution in [3.05, 3.63) is 22.7 Å². The van der Waals surface area contributed by atoms with Gasteiger partial charge in [-0.1, -0.05) is 11.6 Å². The molecule has 1 aliphatic heterocycles. The summed E-state index contributed by atoms with van der Waals surface area (Å²) in [6.07, 6.45) is 0.923. The van der Waals surface area contributed by atoms with Crippen LogP contribution in [0.2, 0.25) is 5.02 Å². The second-order valence-corrected chi connectivity index (χ2v) is 4.43. The minimum Gasteiger partial charge on any atom is -0.493 e. The van der Waals surface area contributed by atoms with E-state index in [4.69, 9.17) is 26.2 Å². The summed E-state index contributed by atoms with van der Waals surface area (Å²) in [5, 5.41) is 12.4. The number of ether oxygens (including phenoxy) is 2. The molecule has 5 nitrogen and oxygen atoms in total. The van der Waals surface area contributed by atoms with Crippen molar-refractivity contribution in [3.8, 4) is 11.5 Å². The van der Waals surface area contributed by atoms with E-state index >= 15 is 0 Å². The van der Waals surface area contributed by atoms with Gasteiger partial charge in [0.05, 0.1) is 17.7 Å². The summed E-state index contributed by atoms with van der Waals surface area (Å²) in [5.74, 6) is -0.311. The zero-order valence-corrected chi connectivity index (χ0v) is 10.7. The highest BCUT2D eigenvalue weighted by molar-refractivity contribution is 6.32. The van der Waals surface area contributed by atoms with Crippen molar-refractivity contribution in [2.24, 2.45) is 0 Å². The van der Waals surface area contributed by atoms with Crippen molar-refractivity contribution in [1.82, 2.24) is 5.32 Å². The van der Waals surface area contributed by atoms with Crippen molar-refractivity contribution >= 4 is 17.6 Å². The largest absolute Gasteiger partial charge is 0.493 e. The van der Waals surface area contributed by atoms with Gasteiger partial charge in [-0.3, -0.25) is 0 Å². The third-order valence-electron chi connectivity index (χ3n) is 2.78. The van der Waals surface area contributed by atoms with Crippen LogP contribution in [0.15, 0.2) is 12.1 Å². The van der Waals surface area contributed by atoms with E-state index in [1.54, 1.807) is 0 Å². The number of methoxy groups -OCH3 is 1. The van der Waals surface area contributed by atoms with E-state index < -0.39 is 5.97 Å². The third-order valence-corrected chi connectivity index (χ3v) is 3.06. The van der Waals surface area contributed by atoms with E-state index in [1.807, 2.05) is 0 Å². The van der Waals surface area contributed by atoms with Gasteiger partial charge in [0.25, 0.3) is 0 Å². The lowest BCUT2D eigenvalue weighted by molar-refractivity contribution is 0.0696. The van der Waals surface area contributed by atoms with Crippen LogP contribution >= 0.6 is 11.6 Å². The molecule has 1 aromatic carbocycles. The average Bonchev–Trinajstić information content (AvgIpc) is 2.84. The zero-order chi connectivity index (χ0) is 13.1. The minimum atomic E-state index is -1.05. The Morgan fingerprint density at radius 2 is 2.33 bits per heavy atom. The summed E-state index contributed by atoms with van der Waals surface area (Å²) < 4.78 is 10.9. The number of hydrogen-bond donors (Lipinski definition) is 2. The van der Waals surface area contributed by atoms with E-state index in [0.29, 0.717) is 11.5 Å². The van der Waals surface area contributed by atoms with Gasteiger partial charge >= 0.3 is 5.97 Å². The molecule has 0 spiro atoms. The number of nitrogens with one attached hydrogen (secondary N) is 1. The Balaban J connectivity index is 2.30. The predicted octanol–water partition coefficient (Wildman–Crippen LogP) is 1.79. The van der Waals surface area contributed by atoms with Gasteiger partial charge in [-0.25, -0.2) is 4.79 Å². The Morgan fingerprint density at radius 1 is 1.56 bits per heavy atom. The molecule has 1 heterocycles. The first-order chi connectivity index (χ1) is 8.61. The summed E-state index contributed by atoms with van der Waals surface area (Å²) in [6.45, 7) is 1.65. The maximum atomic E-state index is 10.9. The molecule has 2 rings (SSSR count). The number of carbonyl (C=O) groups is 1. The highest BCUT2D eigenvalue weighted by atomic mass is 35.5. The number of halogens is 1. The molecule has 0 amide bonds. The van der Waals surface area contributed by atoms with Crippen molar-refractivity contribution < 1.29 is 19.4 Å². The number of hydrogen-bond acceptors (Lipinski definition) is 4. The Morgan fingerprint density at radius 3 is 2.89 bits per heavy atom. The fourth-order valence-corrected chi connectivity index (χ4v) is 2.11. The molecule has 0 bridgehead atoms. The second-order valence-electron chi connectivity index (χ2n) is 4.03. The van der Waals surface area contributed by atoms with Gasteiger partial charge in [-0.05, 0) is 25.1 Å². The molecule has 0 aromatic heterocycles. The predicted molar refractivity (Wildman–Crippen MR) is 66.9 cm³/mol. The highest BCUT2D eigenvalue weighted by Gasteiger charge is 2.21. The summed E-state index contributed by atoms with van der Waals surface area (Å²) in [6, 6.07) is 2.77. The molecule has 18 heavy (non-hydrogen) atoms. The van der Waals surface area contributed by atoms with Crippen LogP contribution in [0, 0.1) is 0 Å². The lowest BCUT2D eigenvalue weighted by Crippen LogP contribution is -2.20. The second kappa shape index (κ2) is 5.46. The van der Waals surface area contributed by atoms with Gasteiger partial charge < -0.3 is 19.9 Å². The topological polar surface area (TPSA) is 67.8 Å². The van der Waals surface area contributed by atoms with Crippen molar-refractivity contribution in [2.45, 2.75) is 12.5 Å². The van der Waals surface area contributed by atoms with E-state index in [9.17, 15) is 4.79 Å². The standard InChI is InChI=1S/C12H14ClNO4/c1-17-10-5-7(12(15)16)4-9(13)11(10)18-8-2-3-14-6-8/h4-5,8,14H,2-3,6H2,1H3,(H,15,16). The summed E-state index contributed by atoms with van der Waals surface area (Å²) >= 11 is 6.05. The van der Waals surface area contributed by atoms with Crippen LogP contribution in [0.4, 0.5) is 0 Å². The number of aromatic carboxylic acids is 1. The quantitative estimate of drug-likeness (QED) is 0.874. The monoisotopic (exact) mass is 271 g/mol. The minimum absolute atomic E-state index is 0.0343. The summed E-state index contributed by atoms with van der Waals surface area (Å²) in [7, 11) is 1.46. The SMILES string of the molecule is COc1cc(C(=O)O)cc(Cl)c1OC1CCNC1. The van der Waals surface area contributed by atoms with E-state index in [1.165, 1.54) is 19.2 Å². The molecular weight excluding hydrogens is 258 g/mol. The van der Waals surface area contributed by atoms with Crippen LogP contribution in [0.5, 0.6) is 11.5 Å². The molecule has 1 aliphatic rings. The molecule has 0 radical (unpaired) electrons. The molecule has 0 saturated carbocycles. The number of benzene rings is 1. The van der Waals surface area contributed by atoms with Crippen LogP contribution in [0.3, 0.4) is 0 Å². The Kier molecular flexibility index (Phi) is 3.93. The van der Waals surface area contributed by atoms with Gasteiger partial charge in [0.1, 0.15) is 6.10 Å². The first kappa shape index (κ1) is 13.0. The molecule has 1 aromatic rings. The van der Waals surface area contributed by atoms with Gasteiger partial charge in [-0.2, -0.15) is 0 Å². The molecule has 6 heteroatoms.